The first-order valence-electron chi connectivity index (χ1n) is 6.85. The molecule has 0 aromatic heterocycles. The Hall–Kier alpha value is -0.570. The van der Waals surface area contributed by atoms with Crippen molar-refractivity contribution in [2.24, 2.45) is 5.73 Å². The molecular formula is C15H24ClNO. The summed E-state index contributed by atoms with van der Waals surface area (Å²) in [4.78, 5) is 0. The van der Waals surface area contributed by atoms with Crippen molar-refractivity contribution in [3.8, 4) is 0 Å². The third kappa shape index (κ3) is 7.70. The Kier molecular flexibility index (Phi) is 8.92. The van der Waals surface area contributed by atoms with Crippen LogP contribution in [0.5, 0.6) is 0 Å². The van der Waals surface area contributed by atoms with E-state index in [-0.39, 0.29) is 0 Å². The van der Waals surface area contributed by atoms with E-state index in [1.807, 2.05) is 24.3 Å². The van der Waals surface area contributed by atoms with Gasteiger partial charge >= 0.3 is 0 Å². The van der Waals surface area contributed by atoms with Crippen molar-refractivity contribution in [3.05, 3.63) is 34.9 Å². The summed E-state index contributed by atoms with van der Waals surface area (Å²) in [7, 11) is 0. The highest BCUT2D eigenvalue weighted by atomic mass is 35.5. The second-order valence-corrected chi connectivity index (χ2v) is 5.03. The molecule has 0 atom stereocenters. The third-order valence-corrected chi connectivity index (χ3v) is 3.18. The van der Waals surface area contributed by atoms with Gasteiger partial charge in [-0.25, -0.2) is 0 Å². The minimum absolute atomic E-state index is 0.685. The SMILES string of the molecule is NCCCCCCCCOCc1ccc(Cl)cc1. The van der Waals surface area contributed by atoms with Crippen molar-refractivity contribution in [1.29, 1.82) is 0 Å². The van der Waals surface area contributed by atoms with Crippen LogP contribution in [0.4, 0.5) is 0 Å². The second-order valence-electron chi connectivity index (χ2n) is 4.59. The Labute approximate surface area is 115 Å². The van der Waals surface area contributed by atoms with E-state index >= 15 is 0 Å². The molecule has 1 aromatic carbocycles. The van der Waals surface area contributed by atoms with Gasteiger partial charge in [-0.1, -0.05) is 49.4 Å². The summed E-state index contributed by atoms with van der Waals surface area (Å²) in [5.41, 5.74) is 6.63. The minimum atomic E-state index is 0.685. The molecular weight excluding hydrogens is 246 g/mol. The van der Waals surface area contributed by atoms with E-state index in [1.165, 1.54) is 31.2 Å². The summed E-state index contributed by atoms with van der Waals surface area (Å²) < 4.78 is 5.62. The van der Waals surface area contributed by atoms with Crippen molar-refractivity contribution in [2.45, 2.75) is 45.1 Å². The highest BCUT2D eigenvalue weighted by Gasteiger charge is 1.94. The maximum absolute atomic E-state index is 5.82. The van der Waals surface area contributed by atoms with Crippen LogP contribution in [0.15, 0.2) is 24.3 Å². The Morgan fingerprint density at radius 1 is 0.889 bits per heavy atom. The summed E-state index contributed by atoms with van der Waals surface area (Å²) in [6.07, 6.45) is 7.43. The molecule has 2 nitrogen and oxygen atoms in total. The molecule has 3 heteroatoms. The first kappa shape index (κ1) is 15.5. The lowest BCUT2D eigenvalue weighted by atomic mass is 10.1. The summed E-state index contributed by atoms with van der Waals surface area (Å²) >= 11 is 5.82. The molecule has 0 bridgehead atoms. The number of ether oxygens (including phenoxy) is 1. The Morgan fingerprint density at radius 2 is 1.50 bits per heavy atom. The van der Waals surface area contributed by atoms with E-state index < -0.39 is 0 Å². The maximum Gasteiger partial charge on any atom is 0.0716 e. The van der Waals surface area contributed by atoms with Crippen LogP contribution < -0.4 is 5.73 Å². The van der Waals surface area contributed by atoms with Crippen LogP contribution in [0.1, 0.15) is 44.1 Å². The molecule has 102 valence electrons. The maximum atomic E-state index is 5.82. The number of nitrogens with two attached hydrogens (primary N) is 1. The lowest BCUT2D eigenvalue weighted by molar-refractivity contribution is 0.116. The number of halogens is 1. The van der Waals surface area contributed by atoms with Crippen molar-refractivity contribution < 1.29 is 4.74 Å². The molecule has 0 radical (unpaired) electrons. The molecule has 0 amide bonds. The fourth-order valence-corrected chi connectivity index (χ4v) is 1.95. The lowest BCUT2D eigenvalue weighted by Gasteiger charge is -2.04. The predicted molar refractivity (Wildman–Crippen MR) is 77.9 cm³/mol. The molecule has 0 aliphatic heterocycles. The van der Waals surface area contributed by atoms with Crippen LogP contribution in [0.2, 0.25) is 5.02 Å². The average Bonchev–Trinajstić information content (AvgIpc) is 2.39. The summed E-state index contributed by atoms with van der Waals surface area (Å²) in [6.45, 7) is 2.36. The molecule has 0 heterocycles. The van der Waals surface area contributed by atoms with Crippen LogP contribution in [-0.2, 0) is 11.3 Å². The van der Waals surface area contributed by atoms with Crippen molar-refractivity contribution >= 4 is 11.6 Å². The number of benzene rings is 1. The number of rotatable bonds is 10. The number of unbranched alkanes of at least 4 members (excludes halogenated alkanes) is 5. The Bertz CT molecular complexity index is 300. The van der Waals surface area contributed by atoms with Gasteiger partial charge in [0.15, 0.2) is 0 Å². The van der Waals surface area contributed by atoms with Crippen molar-refractivity contribution in [3.63, 3.8) is 0 Å². The third-order valence-electron chi connectivity index (χ3n) is 2.92. The highest BCUT2D eigenvalue weighted by molar-refractivity contribution is 6.30. The molecule has 0 saturated heterocycles. The monoisotopic (exact) mass is 269 g/mol. The van der Waals surface area contributed by atoms with E-state index in [9.17, 15) is 0 Å². The Balaban J connectivity index is 1.91. The topological polar surface area (TPSA) is 35.2 Å². The van der Waals surface area contributed by atoms with Gasteiger partial charge in [-0.15, -0.1) is 0 Å². The Morgan fingerprint density at radius 3 is 2.17 bits per heavy atom. The smallest absolute Gasteiger partial charge is 0.0716 e. The number of hydrogen-bond donors (Lipinski definition) is 1. The molecule has 0 spiro atoms. The van der Waals surface area contributed by atoms with Gasteiger partial charge in [-0.05, 0) is 37.1 Å². The molecule has 0 aliphatic carbocycles. The fraction of sp³-hybridized carbons (Fsp3) is 0.600. The van der Waals surface area contributed by atoms with Gasteiger partial charge in [0.1, 0.15) is 0 Å². The summed E-state index contributed by atoms with van der Waals surface area (Å²) in [6, 6.07) is 7.82. The van der Waals surface area contributed by atoms with Crippen LogP contribution in [0, 0.1) is 0 Å². The molecule has 0 fully saturated rings. The van der Waals surface area contributed by atoms with E-state index in [2.05, 4.69) is 0 Å². The molecule has 1 aromatic rings. The largest absolute Gasteiger partial charge is 0.377 e. The molecule has 0 unspecified atom stereocenters. The summed E-state index contributed by atoms with van der Waals surface area (Å²) in [5, 5.41) is 0.774. The standard InChI is InChI=1S/C15H24ClNO/c16-15-9-7-14(8-10-15)13-18-12-6-4-2-1-3-5-11-17/h7-10H,1-6,11-13,17H2. The molecule has 0 saturated carbocycles. The quantitative estimate of drug-likeness (QED) is 0.648. The van der Waals surface area contributed by atoms with Gasteiger partial charge in [0.2, 0.25) is 0 Å². The second kappa shape index (κ2) is 10.4. The van der Waals surface area contributed by atoms with E-state index in [1.54, 1.807) is 0 Å². The molecule has 18 heavy (non-hydrogen) atoms. The van der Waals surface area contributed by atoms with Gasteiger partial charge in [-0.2, -0.15) is 0 Å². The molecule has 0 aliphatic rings. The zero-order valence-electron chi connectivity index (χ0n) is 11.0. The predicted octanol–water partition coefficient (Wildman–Crippen LogP) is 4.16. The van der Waals surface area contributed by atoms with E-state index in [4.69, 9.17) is 22.1 Å². The first-order valence-corrected chi connectivity index (χ1v) is 7.23. The van der Waals surface area contributed by atoms with Crippen LogP contribution in [0.25, 0.3) is 0 Å². The van der Waals surface area contributed by atoms with Gasteiger partial charge < -0.3 is 10.5 Å². The van der Waals surface area contributed by atoms with Gasteiger partial charge in [-0.3, -0.25) is 0 Å². The zero-order chi connectivity index (χ0) is 13.1. The van der Waals surface area contributed by atoms with Crippen LogP contribution in [0.3, 0.4) is 0 Å². The average molecular weight is 270 g/mol. The highest BCUT2D eigenvalue weighted by Crippen LogP contribution is 2.11. The summed E-state index contributed by atoms with van der Waals surface area (Å²) in [5.74, 6) is 0. The first-order chi connectivity index (χ1) is 8.83. The van der Waals surface area contributed by atoms with E-state index in [0.717, 1.165) is 31.0 Å². The van der Waals surface area contributed by atoms with Gasteiger partial charge in [0, 0.05) is 11.6 Å². The lowest BCUT2D eigenvalue weighted by Crippen LogP contribution is -1.98. The van der Waals surface area contributed by atoms with Crippen LogP contribution >= 0.6 is 11.6 Å². The molecule has 2 N–H and O–H groups in total. The number of hydrogen-bond acceptors (Lipinski definition) is 2. The zero-order valence-corrected chi connectivity index (χ0v) is 11.8. The molecule has 1 rings (SSSR count). The van der Waals surface area contributed by atoms with Crippen molar-refractivity contribution in [2.75, 3.05) is 13.2 Å². The van der Waals surface area contributed by atoms with Crippen molar-refractivity contribution in [1.82, 2.24) is 0 Å². The van der Waals surface area contributed by atoms with E-state index in [0.29, 0.717) is 6.61 Å². The normalized spacial score (nSPS) is 10.8. The fourth-order valence-electron chi connectivity index (χ4n) is 1.83. The minimum Gasteiger partial charge on any atom is -0.377 e. The van der Waals surface area contributed by atoms with Gasteiger partial charge in [0.25, 0.3) is 0 Å². The van der Waals surface area contributed by atoms with Gasteiger partial charge in [0.05, 0.1) is 6.61 Å². The van der Waals surface area contributed by atoms with Crippen LogP contribution in [-0.4, -0.2) is 13.2 Å².